The normalized spacial score (nSPS) is 16.5. The molecular formula is C20H43NO3S. The summed E-state index contributed by atoms with van der Waals surface area (Å²) in [6.45, 7) is 8.76. The molecule has 0 aromatic rings. The van der Waals surface area contributed by atoms with Gasteiger partial charge in [0.1, 0.15) is 0 Å². The number of rotatable bonds is 12. The first-order valence-corrected chi connectivity index (χ1v) is 12.4. The smallest absolute Gasteiger partial charge is 0.261 e. The van der Waals surface area contributed by atoms with E-state index in [2.05, 4.69) is 18.7 Å². The number of hydrogen-bond acceptors (Lipinski definition) is 3. The Hall–Kier alpha value is -0.130. The molecule has 0 spiro atoms. The fraction of sp³-hybridized carbons (Fsp3) is 1.00. The standard InChI is InChI=1S/C19H39N.CH4O3S/c1-3-5-6-7-8-9-10-11-12-13-16-20-17-14-19(4-2)15-18-20;1-5(2,3)4/h19H,3-18H2,1-2H3;1H3,(H,2,3,4). The van der Waals surface area contributed by atoms with Crippen molar-refractivity contribution in [2.75, 3.05) is 25.9 Å². The molecule has 1 rings (SSSR count). The van der Waals surface area contributed by atoms with Crippen molar-refractivity contribution in [2.45, 2.75) is 97.3 Å². The third-order valence-electron chi connectivity index (χ3n) is 5.11. The number of unbranched alkanes of at least 4 members (excludes halogenated alkanes) is 9. The van der Waals surface area contributed by atoms with E-state index in [-0.39, 0.29) is 0 Å². The molecule has 0 amide bonds. The second-order valence-corrected chi connectivity index (χ2v) is 9.07. The van der Waals surface area contributed by atoms with Crippen molar-refractivity contribution < 1.29 is 13.0 Å². The van der Waals surface area contributed by atoms with Gasteiger partial charge >= 0.3 is 0 Å². The van der Waals surface area contributed by atoms with E-state index < -0.39 is 10.1 Å². The Labute approximate surface area is 157 Å². The Bertz CT molecular complexity index is 368. The zero-order chi connectivity index (χ0) is 19.0. The van der Waals surface area contributed by atoms with Crippen LogP contribution in [0, 0.1) is 5.92 Å². The number of likely N-dealkylation sites (tertiary alicyclic amines) is 1. The van der Waals surface area contributed by atoms with Gasteiger partial charge in [0, 0.05) is 0 Å². The van der Waals surface area contributed by atoms with Crippen LogP contribution in [0.1, 0.15) is 97.3 Å². The van der Waals surface area contributed by atoms with Crippen LogP contribution in [0.25, 0.3) is 0 Å². The van der Waals surface area contributed by atoms with E-state index >= 15 is 0 Å². The predicted octanol–water partition coefficient (Wildman–Crippen LogP) is 5.53. The van der Waals surface area contributed by atoms with Gasteiger partial charge in [0.2, 0.25) is 0 Å². The van der Waals surface area contributed by atoms with Crippen molar-refractivity contribution in [3.8, 4) is 0 Å². The minimum Gasteiger partial charge on any atom is -0.303 e. The third kappa shape index (κ3) is 20.0. The topological polar surface area (TPSA) is 57.6 Å². The second kappa shape index (κ2) is 16.1. The van der Waals surface area contributed by atoms with Crippen molar-refractivity contribution in [1.29, 1.82) is 0 Å². The van der Waals surface area contributed by atoms with Crippen LogP contribution in [0.2, 0.25) is 0 Å². The Morgan fingerprint density at radius 3 is 1.64 bits per heavy atom. The summed E-state index contributed by atoms with van der Waals surface area (Å²) in [5.74, 6) is 1.03. The fourth-order valence-corrected chi connectivity index (χ4v) is 3.44. The van der Waals surface area contributed by atoms with Gasteiger partial charge < -0.3 is 4.90 Å². The molecule has 1 heterocycles. The van der Waals surface area contributed by atoms with E-state index in [0.29, 0.717) is 6.26 Å². The molecule has 1 aliphatic heterocycles. The molecule has 1 saturated heterocycles. The molecule has 1 N–H and O–H groups in total. The largest absolute Gasteiger partial charge is 0.303 e. The third-order valence-corrected chi connectivity index (χ3v) is 5.11. The first-order chi connectivity index (χ1) is 11.9. The van der Waals surface area contributed by atoms with Crippen molar-refractivity contribution in [2.24, 2.45) is 5.92 Å². The van der Waals surface area contributed by atoms with Crippen LogP contribution in [0.5, 0.6) is 0 Å². The summed E-state index contributed by atoms with van der Waals surface area (Å²) in [4.78, 5) is 2.71. The maximum absolute atomic E-state index is 9.19. The molecule has 0 bridgehead atoms. The highest BCUT2D eigenvalue weighted by Crippen LogP contribution is 2.20. The number of piperidine rings is 1. The highest BCUT2D eigenvalue weighted by atomic mass is 32.2. The highest BCUT2D eigenvalue weighted by Gasteiger charge is 2.16. The Balaban J connectivity index is 0.00000101. The summed E-state index contributed by atoms with van der Waals surface area (Å²) in [6, 6.07) is 0. The molecule has 1 fully saturated rings. The SMILES string of the molecule is CCCCCCCCCCCCN1CCC(CC)CC1.CS(=O)(=O)O. The summed E-state index contributed by atoms with van der Waals surface area (Å²) in [7, 11) is -3.67. The molecular weight excluding hydrogens is 334 g/mol. The lowest BCUT2D eigenvalue weighted by Crippen LogP contribution is -2.34. The van der Waals surface area contributed by atoms with Gasteiger partial charge in [-0.25, -0.2) is 0 Å². The monoisotopic (exact) mass is 377 g/mol. The lowest BCUT2D eigenvalue weighted by atomic mass is 9.94. The van der Waals surface area contributed by atoms with Crippen LogP contribution in [0.3, 0.4) is 0 Å². The van der Waals surface area contributed by atoms with E-state index in [0.717, 1.165) is 5.92 Å². The number of hydrogen-bond donors (Lipinski definition) is 1. The van der Waals surface area contributed by atoms with Gasteiger partial charge in [-0.2, -0.15) is 8.42 Å². The average Bonchev–Trinajstić information content (AvgIpc) is 2.55. The van der Waals surface area contributed by atoms with Gasteiger partial charge in [-0.1, -0.05) is 78.1 Å². The molecule has 0 radical (unpaired) electrons. The van der Waals surface area contributed by atoms with Gasteiger partial charge in [-0.15, -0.1) is 0 Å². The molecule has 152 valence electrons. The molecule has 5 heteroatoms. The lowest BCUT2D eigenvalue weighted by Gasteiger charge is -2.31. The molecule has 0 atom stereocenters. The molecule has 0 unspecified atom stereocenters. The van der Waals surface area contributed by atoms with Gasteiger partial charge in [0.05, 0.1) is 6.26 Å². The first-order valence-electron chi connectivity index (χ1n) is 10.5. The van der Waals surface area contributed by atoms with E-state index in [1.807, 2.05) is 0 Å². The van der Waals surface area contributed by atoms with Crippen molar-refractivity contribution in [3.05, 3.63) is 0 Å². The quantitative estimate of drug-likeness (QED) is 0.359. The Morgan fingerprint density at radius 1 is 0.840 bits per heavy atom. The van der Waals surface area contributed by atoms with Crippen LogP contribution >= 0.6 is 0 Å². The van der Waals surface area contributed by atoms with Crippen LogP contribution in [0.15, 0.2) is 0 Å². The number of nitrogens with zero attached hydrogens (tertiary/aromatic N) is 1. The average molecular weight is 378 g/mol. The second-order valence-electron chi connectivity index (χ2n) is 7.61. The first kappa shape index (κ1) is 24.9. The minimum atomic E-state index is -3.67. The van der Waals surface area contributed by atoms with Gasteiger partial charge in [0.25, 0.3) is 10.1 Å². The Morgan fingerprint density at radius 2 is 1.24 bits per heavy atom. The van der Waals surface area contributed by atoms with Crippen molar-refractivity contribution in [1.82, 2.24) is 4.90 Å². The molecule has 0 aromatic carbocycles. The van der Waals surface area contributed by atoms with E-state index in [1.54, 1.807) is 0 Å². The zero-order valence-corrected chi connectivity index (χ0v) is 17.8. The minimum absolute atomic E-state index is 0.715. The Kier molecular flexibility index (Phi) is 16.0. The van der Waals surface area contributed by atoms with E-state index in [4.69, 9.17) is 4.55 Å². The summed E-state index contributed by atoms with van der Waals surface area (Å²) in [5.41, 5.74) is 0. The summed E-state index contributed by atoms with van der Waals surface area (Å²) in [5, 5.41) is 0. The summed E-state index contributed by atoms with van der Waals surface area (Å²) >= 11 is 0. The highest BCUT2D eigenvalue weighted by molar-refractivity contribution is 7.85. The molecule has 0 saturated carbocycles. The molecule has 1 aliphatic rings. The summed E-state index contributed by atoms with van der Waals surface area (Å²) in [6.07, 6.45) is 19.6. The summed E-state index contributed by atoms with van der Waals surface area (Å²) < 4.78 is 25.9. The van der Waals surface area contributed by atoms with Crippen LogP contribution in [-0.4, -0.2) is 43.8 Å². The predicted molar refractivity (Wildman–Crippen MR) is 109 cm³/mol. The van der Waals surface area contributed by atoms with Gasteiger partial charge in [-0.05, 0) is 44.8 Å². The van der Waals surface area contributed by atoms with Crippen molar-refractivity contribution >= 4 is 10.1 Å². The van der Waals surface area contributed by atoms with Gasteiger partial charge in [0.15, 0.2) is 0 Å². The zero-order valence-electron chi connectivity index (χ0n) is 17.0. The van der Waals surface area contributed by atoms with Gasteiger partial charge in [-0.3, -0.25) is 4.55 Å². The molecule has 0 aromatic heterocycles. The van der Waals surface area contributed by atoms with Crippen LogP contribution in [-0.2, 0) is 10.1 Å². The van der Waals surface area contributed by atoms with E-state index in [9.17, 15) is 8.42 Å². The van der Waals surface area contributed by atoms with Crippen LogP contribution < -0.4 is 0 Å². The maximum atomic E-state index is 9.19. The lowest BCUT2D eigenvalue weighted by molar-refractivity contribution is 0.179. The fourth-order valence-electron chi connectivity index (χ4n) is 3.44. The van der Waals surface area contributed by atoms with Crippen LogP contribution in [0.4, 0.5) is 0 Å². The van der Waals surface area contributed by atoms with E-state index in [1.165, 1.54) is 103 Å². The maximum Gasteiger partial charge on any atom is 0.261 e. The molecule has 4 nitrogen and oxygen atoms in total. The van der Waals surface area contributed by atoms with Crippen molar-refractivity contribution in [3.63, 3.8) is 0 Å². The molecule has 0 aliphatic carbocycles. The molecule has 25 heavy (non-hydrogen) atoms.